The van der Waals surface area contributed by atoms with Crippen LogP contribution in [0.25, 0.3) is 0 Å². The number of alkyl halides is 1. The Kier molecular flexibility index (Phi) is 11.4. The number of nitrogens with two attached hydrogens (primary N) is 1. The Labute approximate surface area is 173 Å². The fourth-order valence-corrected chi connectivity index (χ4v) is 3.46. The van der Waals surface area contributed by atoms with E-state index in [0.29, 0.717) is 5.88 Å². The van der Waals surface area contributed by atoms with Gasteiger partial charge in [-0.1, -0.05) is 17.8 Å². The monoisotopic (exact) mass is 412 g/mol. The van der Waals surface area contributed by atoms with Crippen LogP contribution in [0.4, 0.5) is 0 Å². The summed E-state index contributed by atoms with van der Waals surface area (Å²) in [5.74, 6) is 0.413. The zero-order valence-corrected chi connectivity index (χ0v) is 18.4. The Morgan fingerprint density at radius 3 is 2.70 bits per heavy atom. The highest BCUT2D eigenvalue weighted by molar-refractivity contribution is 8.18. The fourth-order valence-electron chi connectivity index (χ4n) is 2.41. The summed E-state index contributed by atoms with van der Waals surface area (Å²) in [4.78, 5) is 13.9. The molecule has 0 aromatic carbocycles. The average Bonchev–Trinajstić information content (AvgIpc) is 2.62. The zero-order valence-electron chi connectivity index (χ0n) is 16.9. The largest absolute Gasteiger partial charge is 0.376 e. The van der Waals surface area contributed by atoms with Crippen molar-refractivity contribution < 1.29 is 0 Å². The van der Waals surface area contributed by atoms with Crippen LogP contribution in [0.3, 0.4) is 0 Å². The molecule has 0 amide bonds. The van der Waals surface area contributed by atoms with Crippen LogP contribution in [0.2, 0.25) is 0 Å². The zero-order chi connectivity index (χ0) is 20.1. The van der Waals surface area contributed by atoms with Gasteiger partial charge in [-0.25, -0.2) is 4.99 Å². The van der Waals surface area contributed by atoms with Gasteiger partial charge in [0.05, 0.1) is 12.1 Å². The molecule has 0 bridgehead atoms. The van der Waals surface area contributed by atoms with E-state index in [0.717, 1.165) is 42.4 Å². The first kappa shape index (κ1) is 23.8. The van der Waals surface area contributed by atoms with Crippen LogP contribution in [-0.2, 0) is 0 Å². The summed E-state index contributed by atoms with van der Waals surface area (Å²) in [6.45, 7) is 4.85. The third kappa shape index (κ3) is 10.6. The second-order valence-corrected chi connectivity index (χ2v) is 8.20. The van der Waals surface area contributed by atoms with Gasteiger partial charge >= 0.3 is 0 Å². The lowest BCUT2D eigenvalue weighted by molar-refractivity contribution is 0.224. The second kappa shape index (κ2) is 13.0. The van der Waals surface area contributed by atoms with Crippen molar-refractivity contribution >= 4 is 34.6 Å². The third-order valence-electron chi connectivity index (χ3n) is 4.04. The number of hydrogen-bond donors (Lipinski definition) is 2. The quantitative estimate of drug-likeness (QED) is 0.346. The Balaban J connectivity index is 2.70. The number of thioether (sulfide) groups is 1. The van der Waals surface area contributed by atoms with E-state index in [2.05, 4.69) is 27.1 Å². The Morgan fingerprint density at radius 2 is 2.11 bits per heavy atom. The van der Waals surface area contributed by atoms with E-state index in [9.17, 15) is 0 Å². The number of rotatable bonds is 9. The summed E-state index contributed by atoms with van der Waals surface area (Å²) < 4.78 is 0. The van der Waals surface area contributed by atoms with E-state index in [-0.39, 0.29) is 5.54 Å². The van der Waals surface area contributed by atoms with Crippen molar-refractivity contribution in [3.05, 3.63) is 35.8 Å². The maximum Gasteiger partial charge on any atom is 0.118 e. The molecule has 0 saturated carbocycles. The highest BCUT2D eigenvalue weighted by Gasteiger charge is 2.24. The molecule has 1 aliphatic rings. The van der Waals surface area contributed by atoms with Crippen molar-refractivity contribution in [3.63, 3.8) is 0 Å². The van der Waals surface area contributed by atoms with E-state index in [4.69, 9.17) is 17.3 Å². The molecule has 1 rings (SSSR count). The van der Waals surface area contributed by atoms with Crippen molar-refractivity contribution in [3.8, 4) is 0 Å². The van der Waals surface area contributed by atoms with Gasteiger partial charge in [-0.3, -0.25) is 4.99 Å². The van der Waals surface area contributed by atoms with E-state index in [1.807, 2.05) is 49.9 Å². The number of hydrogen-bond acceptors (Lipinski definition) is 7. The standard InChI is InChI=1S/C19H33ClN6S/c1-19(21)6-11-26(12-7-19)13-9-24-18(15-23-3)27-17(14-20)16-25(4)10-5-8-22-2/h5,9-10,13,15-16,22H,6-8,11-12,14,21H2,1-4H3/b10-5-,13-9+,17-16-,23-15-,24-18+. The first-order valence-electron chi connectivity index (χ1n) is 9.07. The third-order valence-corrected chi connectivity index (χ3v) is 5.41. The minimum absolute atomic E-state index is 0.0444. The minimum Gasteiger partial charge on any atom is -0.376 e. The van der Waals surface area contributed by atoms with Crippen LogP contribution in [0.5, 0.6) is 0 Å². The molecular formula is C19H33ClN6S. The Bertz CT molecular complexity index is 573. The number of likely N-dealkylation sites (tertiary alicyclic amines) is 1. The molecule has 6 nitrogen and oxygen atoms in total. The SMILES string of the molecule is C\N=C/C(=N\C=C\N1CCC(C)(N)CC1)S/C(=C\N(C)/C=C\CNC)CCl. The van der Waals surface area contributed by atoms with Gasteiger partial charge in [0.1, 0.15) is 5.04 Å². The molecule has 0 atom stereocenters. The predicted molar refractivity (Wildman–Crippen MR) is 122 cm³/mol. The van der Waals surface area contributed by atoms with Crippen LogP contribution in [0.1, 0.15) is 19.8 Å². The molecule has 1 heterocycles. The lowest BCUT2D eigenvalue weighted by Gasteiger charge is -2.35. The normalized spacial score (nSPS) is 19.0. The van der Waals surface area contributed by atoms with Gasteiger partial charge in [0.25, 0.3) is 0 Å². The molecule has 0 spiro atoms. The van der Waals surface area contributed by atoms with Gasteiger partial charge in [-0.05, 0) is 26.8 Å². The number of likely N-dealkylation sites (N-methyl/N-ethyl adjacent to an activating group) is 1. The van der Waals surface area contributed by atoms with Gasteiger partial charge in [-0.15, -0.1) is 11.6 Å². The van der Waals surface area contributed by atoms with E-state index < -0.39 is 0 Å². The van der Waals surface area contributed by atoms with Crippen molar-refractivity contribution in [1.82, 2.24) is 15.1 Å². The molecule has 1 fully saturated rings. The number of nitrogens with zero attached hydrogens (tertiary/aromatic N) is 4. The summed E-state index contributed by atoms with van der Waals surface area (Å²) in [6, 6.07) is 0. The van der Waals surface area contributed by atoms with Gasteiger partial charge in [0.15, 0.2) is 0 Å². The summed E-state index contributed by atoms with van der Waals surface area (Å²) in [5.41, 5.74) is 6.13. The van der Waals surface area contributed by atoms with Gasteiger partial charge in [0.2, 0.25) is 0 Å². The van der Waals surface area contributed by atoms with Crippen LogP contribution in [-0.4, -0.2) is 73.3 Å². The van der Waals surface area contributed by atoms with Gasteiger partial charge in [-0.2, -0.15) is 0 Å². The molecule has 152 valence electrons. The number of halogens is 1. The van der Waals surface area contributed by atoms with Gasteiger partial charge < -0.3 is 20.9 Å². The number of allylic oxidation sites excluding steroid dienone is 1. The fraction of sp³-hybridized carbons (Fsp3) is 0.579. The van der Waals surface area contributed by atoms with Crippen LogP contribution >= 0.6 is 23.4 Å². The molecule has 0 radical (unpaired) electrons. The topological polar surface area (TPSA) is 69.2 Å². The number of nitrogens with one attached hydrogen (secondary N) is 1. The van der Waals surface area contributed by atoms with Crippen LogP contribution in [0.15, 0.2) is 45.8 Å². The highest BCUT2D eigenvalue weighted by Crippen LogP contribution is 2.20. The molecule has 8 heteroatoms. The minimum atomic E-state index is -0.0444. The Morgan fingerprint density at radius 1 is 1.41 bits per heavy atom. The first-order chi connectivity index (χ1) is 12.9. The summed E-state index contributed by atoms with van der Waals surface area (Å²) in [5, 5.41) is 3.87. The molecular weight excluding hydrogens is 380 g/mol. The molecule has 0 unspecified atom stereocenters. The lowest BCUT2D eigenvalue weighted by Crippen LogP contribution is -2.46. The Hall–Kier alpha value is -1.28. The van der Waals surface area contributed by atoms with Crippen molar-refractivity contribution in [2.75, 3.05) is 46.7 Å². The summed E-state index contributed by atoms with van der Waals surface area (Å²) in [7, 11) is 5.63. The molecule has 1 saturated heterocycles. The average molecular weight is 413 g/mol. The summed E-state index contributed by atoms with van der Waals surface area (Å²) in [6.07, 6.45) is 13.6. The number of piperidine rings is 1. The highest BCUT2D eigenvalue weighted by atomic mass is 35.5. The van der Waals surface area contributed by atoms with Crippen molar-refractivity contribution in [1.29, 1.82) is 0 Å². The maximum atomic E-state index is 6.17. The molecule has 0 aliphatic carbocycles. The van der Waals surface area contributed by atoms with E-state index in [1.54, 1.807) is 13.3 Å². The number of aliphatic imine (C=N–C) groups is 2. The first-order valence-corrected chi connectivity index (χ1v) is 10.4. The van der Waals surface area contributed by atoms with Crippen LogP contribution in [0, 0.1) is 0 Å². The smallest absolute Gasteiger partial charge is 0.118 e. The van der Waals surface area contributed by atoms with Crippen molar-refractivity contribution in [2.45, 2.75) is 25.3 Å². The molecule has 0 aromatic heterocycles. The summed E-state index contributed by atoms with van der Waals surface area (Å²) >= 11 is 7.63. The lowest BCUT2D eigenvalue weighted by atomic mass is 9.91. The van der Waals surface area contributed by atoms with Gasteiger partial charge in [0, 0.05) is 69.0 Å². The van der Waals surface area contributed by atoms with Crippen LogP contribution < -0.4 is 11.1 Å². The second-order valence-electron chi connectivity index (χ2n) is 6.78. The maximum absolute atomic E-state index is 6.17. The molecule has 0 aromatic rings. The predicted octanol–water partition coefficient (Wildman–Crippen LogP) is 2.85. The molecule has 3 N–H and O–H groups in total. The molecule has 1 aliphatic heterocycles. The van der Waals surface area contributed by atoms with Crippen molar-refractivity contribution in [2.24, 2.45) is 15.7 Å². The van der Waals surface area contributed by atoms with E-state index >= 15 is 0 Å². The van der Waals surface area contributed by atoms with E-state index in [1.165, 1.54) is 11.8 Å². The molecule has 27 heavy (non-hydrogen) atoms.